The van der Waals surface area contributed by atoms with Gasteiger partial charge in [0.05, 0.1) is 10.1 Å². The van der Waals surface area contributed by atoms with Crippen molar-refractivity contribution in [3.05, 3.63) is 69.7 Å². The minimum atomic E-state index is 0.496. The SMILES string of the molecule is Cc1ccc(CCc2nc(C=O)c3cccc(Br)n23)cc1. The molecule has 3 rings (SSSR count). The maximum atomic E-state index is 11.2. The van der Waals surface area contributed by atoms with Crippen LogP contribution in [0.5, 0.6) is 0 Å². The molecule has 2 heterocycles. The van der Waals surface area contributed by atoms with Crippen molar-refractivity contribution in [2.45, 2.75) is 19.8 Å². The number of halogens is 1. The Kier molecular flexibility index (Phi) is 3.88. The smallest absolute Gasteiger partial charge is 0.170 e. The lowest BCUT2D eigenvalue weighted by molar-refractivity contribution is 0.112. The maximum Gasteiger partial charge on any atom is 0.170 e. The van der Waals surface area contributed by atoms with Crippen LogP contribution >= 0.6 is 15.9 Å². The Balaban J connectivity index is 1.93. The Morgan fingerprint density at radius 1 is 1.14 bits per heavy atom. The molecule has 0 unspecified atom stereocenters. The van der Waals surface area contributed by atoms with Crippen molar-refractivity contribution < 1.29 is 4.79 Å². The number of nitrogens with zero attached hydrogens (tertiary/aromatic N) is 2. The highest BCUT2D eigenvalue weighted by Gasteiger charge is 2.12. The summed E-state index contributed by atoms with van der Waals surface area (Å²) >= 11 is 3.53. The summed E-state index contributed by atoms with van der Waals surface area (Å²) in [7, 11) is 0. The fourth-order valence-electron chi connectivity index (χ4n) is 2.46. The summed E-state index contributed by atoms with van der Waals surface area (Å²) in [5.41, 5.74) is 3.88. The zero-order chi connectivity index (χ0) is 14.8. The third-order valence-electron chi connectivity index (χ3n) is 3.58. The number of aldehydes is 1. The molecule has 106 valence electrons. The highest BCUT2D eigenvalue weighted by Crippen LogP contribution is 2.20. The number of imidazole rings is 1. The summed E-state index contributed by atoms with van der Waals surface area (Å²) in [5, 5.41) is 0. The van der Waals surface area contributed by atoms with E-state index < -0.39 is 0 Å². The molecule has 0 fully saturated rings. The molecule has 0 aliphatic carbocycles. The molecule has 4 heteroatoms. The van der Waals surface area contributed by atoms with Gasteiger partial charge in [0.15, 0.2) is 6.29 Å². The van der Waals surface area contributed by atoms with E-state index in [2.05, 4.69) is 52.1 Å². The predicted molar refractivity (Wildman–Crippen MR) is 86.9 cm³/mol. The molecule has 0 saturated carbocycles. The molecule has 0 bridgehead atoms. The number of carbonyl (C=O) groups is 1. The van der Waals surface area contributed by atoms with Gasteiger partial charge in [0.1, 0.15) is 11.5 Å². The number of aromatic nitrogens is 2. The van der Waals surface area contributed by atoms with Crippen molar-refractivity contribution in [1.82, 2.24) is 9.38 Å². The van der Waals surface area contributed by atoms with E-state index in [4.69, 9.17) is 0 Å². The molecule has 0 N–H and O–H groups in total. The number of pyridine rings is 1. The van der Waals surface area contributed by atoms with Gasteiger partial charge in [-0.3, -0.25) is 9.20 Å². The van der Waals surface area contributed by atoms with Crippen LogP contribution < -0.4 is 0 Å². The largest absolute Gasteiger partial charge is 0.296 e. The summed E-state index contributed by atoms with van der Waals surface area (Å²) in [5.74, 6) is 0.903. The van der Waals surface area contributed by atoms with E-state index in [1.807, 2.05) is 22.6 Å². The number of carbonyl (C=O) groups excluding carboxylic acids is 1. The van der Waals surface area contributed by atoms with Gasteiger partial charge in [-0.25, -0.2) is 4.98 Å². The van der Waals surface area contributed by atoms with E-state index in [-0.39, 0.29) is 0 Å². The van der Waals surface area contributed by atoms with Gasteiger partial charge in [0, 0.05) is 6.42 Å². The Bertz CT molecular complexity index is 790. The van der Waals surface area contributed by atoms with Crippen LogP contribution in [0.15, 0.2) is 47.1 Å². The predicted octanol–water partition coefficient (Wildman–Crippen LogP) is 4.00. The van der Waals surface area contributed by atoms with Crippen LogP contribution in [-0.4, -0.2) is 15.7 Å². The second-order valence-corrected chi connectivity index (χ2v) is 5.90. The summed E-state index contributed by atoms with van der Waals surface area (Å²) in [4.78, 5) is 15.6. The molecule has 2 aromatic heterocycles. The van der Waals surface area contributed by atoms with E-state index in [0.29, 0.717) is 5.69 Å². The Hall–Kier alpha value is -1.94. The van der Waals surface area contributed by atoms with Gasteiger partial charge in [-0.15, -0.1) is 0 Å². The third-order valence-corrected chi connectivity index (χ3v) is 4.20. The Morgan fingerprint density at radius 2 is 1.90 bits per heavy atom. The third kappa shape index (κ3) is 2.76. The molecule has 0 aliphatic heterocycles. The lowest BCUT2D eigenvalue weighted by Gasteiger charge is -2.04. The fraction of sp³-hybridized carbons (Fsp3) is 0.176. The average molecular weight is 343 g/mol. The number of hydrogen-bond donors (Lipinski definition) is 0. The van der Waals surface area contributed by atoms with E-state index in [1.165, 1.54) is 11.1 Å². The number of fused-ring (bicyclic) bond motifs is 1. The first-order chi connectivity index (χ1) is 10.2. The monoisotopic (exact) mass is 342 g/mol. The van der Waals surface area contributed by atoms with Crippen molar-refractivity contribution in [2.75, 3.05) is 0 Å². The van der Waals surface area contributed by atoms with Crippen molar-refractivity contribution in [3.63, 3.8) is 0 Å². The molecule has 0 radical (unpaired) electrons. The van der Waals surface area contributed by atoms with Gasteiger partial charge in [0.2, 0.25) is 0 Å². The van der Waals surface area contributed by atoms with Gasteiger partial charge < -0.3 is 0 Å². The summed E-state index contributed by atoms with van der Waals surface area (Å²) in [6.45, 7) is 2.08. The highest BCUT2D eigenvalue weighted by atomic mass is 79.9. The molecule has 0 spiro atoms. The molecule has 0 amide bonds. The lowest BCUT2D eigenvalue weighted by atomic mass is 10.1. The van der Waals surface area contributed by atoms with Crippen LogP contribution in [0.4, 0.5) is 0 Å². The van der Waals surface area contributed by atoms with E-state index >= 15 is 0 Å². The zero-order valence-corrected chi connectivity index (χ0v) is 13.3. The summed E-state index contributed by atoms with van der Waals surface area (Å²) in [6, 6.07) is 14.3. The zero-order valence-electron chi connectivity index (χ0n) is 11.7. The number of hydrogen-bond acceptors (Lipinski definition) is 2. The maximum absolute atomic E-state index is 11.2. The summed E-state index contributed by atoms with van der Waals surface area (Å²) in [6.07, 6.45) is 2.51. The molecule has 1 aromatic carbocycles. The Morgan fingerprint density at radius 3 is 2.62 bits per heavy atom. The normalized spacial score (nSPS) is 11.0. The van der Waals surface area contributed by atoms with Crippen LogP contribution in [0, 0.1) is 6.92 Å². The number of benzene rings is 1. The molecule has 21 heavy (non-hydrogen) atoms. The second-order valence-electron chi connectivity index (χ2n) is 5.09. The van der Waals surface area contributed by atoms with Crippen LogP contribution in [0.1, 0.15) is 27.4 Å². The minimum absolute atomic E-state index is 0.496. The number of aryl methyl sites for hydroxylation is 3. The first kappa shape index (κ1) is 14.0. The van der Waals surface area contributed by atoms with Gasteiger partial charge in [-0.2, -0.15) is 0 Å². The van der Waals surface area contributed by atoms with Crippen LogP contribution in [0.25, 0.3) is 5.52 Å². The van der Waals surface area contributed by atoms with E-state index in [1.54, 1.807) is 0 Å². The van der Waals surface area contributed by atoms with Gasteiger partial charge in [-0.1, -0.05) is 35.9 Å². The summed E-state index contributed by atoms with van der Waals surface area (Å²) < 4.78 is 2.91. The van der Waals surface area contributed by atoms with Crippen LogP contribution in [0.3, 0.4) is 0 Å². The fourth-order valence-corrected chi connectivity index (χ4v) is 3.01. The topological polar surface area (TPSA) is 34.4 Å². The first-order valence-electron chi connectivity index (χ1n) is 6.85. The van der Waals surface area contributed by atoms with E-state index in [9.17, 15) is 4.79 Å². The molecule has 3 nitrogen and oxygen atoms in total. The van der Waals surface area contributed by atoms with Crippen LogP contribution in [-0.2, 0) is 12.8 Å². The molecule has 0 saturated heterocycles. The van der Waals surface area contributed by atoms with Crippen molar-refractivity contribution in [1.29, 1.82) is 0 Å². The van der Waals surface area contributed by atoms with E-state index in [0.717, 1.165) is 35.1 Å². The Labute approximate surface area is 131 Å². The molecule has 0 atom stereocenters. The standard InChI is InChI=1S/C17H15BrN2O/c1-12-5-7-13(8-6-12)9-10-17-19-14(11-21)15-3-2-4-16(18)20(15)17/h2-8,11H,9-10H2,1H3. The quantitative estimate of drug-likeness (QED) is 0.530. The lowest BCUT2D eigenvalue weighted by Crippen LogP contribution is -1.99. The van der Waals surface area contributed by atoms with Crippen LogP contribution in [0.2, 0.25) is 0 Å². The highest BCUT2D eigenvalue weighted by molar-refractivity contribution is 9.10. The van der Waals surface area contributed by atoms with Gasteiger partial charge >= 0.3 is 0 Å². The van der Waals surface area contributed by atoms with Crippen molar-refractivity contribution in [2.24, 2.45) is 0 Å². The molecule has 0 aliphatic rings. The number of rotatable bonds is 4. The molecule has 3 aromatic rings. The van der Waals surface area contributed by atoms with Gasteiger partial charge in [-0.05, 0) is 47.0 Å². The van der Waals surface area contributed by atoms with Crippen molar-refractivity contribution in [3.8, 4) is 0 Å². The second kappa shape index (κ2) is 5.82. The van der Waals surface area contributed by atoms with Crippen molar-refractivity contribution >= 4 is 27.7 Å². The molecular formula is C17H15BrN2O. The van der Waals surface area contributed by atoms with Gasteiger partial charge in [0.25, 0.3) is 0 Å². The molecular weight excluding hydrogens is 328 g/mol. The first-order valence-corrected chi connectivity index (χ1v) is 7.65. The average Bonchev–Trinajstić information content (AvgIpc) is 2.86. The minimum Gasteiger partial charge on any atom is -0.296 e.